The number of hydrogen-bond acceptors (Lipinski definition) is 7. The van der Waals surface area contributed by atoms with Crippen LogP contribution in [0.2, 0.25) is 0 Å². The number of carbonyl (C=O) groups is 4. The molecule has 0 aromatic carbocycles. The summed E-state index contributed by atoms with van der Waals surface area (Å²) in [6.45, 7) is 8.76. The lowest BCUT2D eigenvalue weighted by molar-refractivity contribution is -0.193. The minimum Gasteiger partial charge on any atom is -0.457 e. The molecule has 0 spiro atoms. The van der Waals surface area contributed by atoms with Crippen molar-refractivity contribution in [1.29, 1.82) is 0 Å². The van der Waals surface area contributed by atoms with Crippen molar-refractivity contribution in [2.75, 3.05) is 6.61 Å². The monoisotopic (exact) mass is 484 g/mol. The Labute approximate surface area is 206 Å². The molecule has 4 rings (SSSR count). The van der Waals surface area contributed by atoms with Crippen molar-refractivity contribution in [2.45, 2.75) is 84.8 Å². The summed E-state index contributed by atoms with van der Waals surface area (Å²) in [6, 6.07) is 0. The lowest BCUT2D eigenvalue weighted by Crippen LogP contribution is -2.61. The van der Waals surface area contributed by atoms with E-state index >= 15 is 0 Å². The summed E-state index contributed by atoms with van der Waals surface area (Å²) >= 11 is 0. The van der Waals surface area contributed by atoms with Gasteiger partial charge in [-0.2, -0.15) is 0 Å². The van der Waals surface area contributed by atoms with Crippen LogP contribution in [0, 0.1) is 22.7 Å². The fraction of sp³-hybridized carbons (Fsp3) is 0.643. The van der Waals surface area contributed by atoms with Crippen LogP contribution in [-0.2, 0) is 28.7 Å². The second-order valence-corrected chi connectivity index (χ2v) is 10.9. The zero-order valence-corrected chi connectivity index (χ0v) is 21.3. The first-order valence-corrected chi connectivity index (χ1v) is 12.7. The lowest BCUT2D eigenvalue weighted by Gasteiger charge is -2.54. The second kappa shape index (κ2) is 8.84. The molecule has 1 fully saturated rings. The van der Waals surface area contributed by atoms with E-state index in [1.165, 1.54) is 0 Å². The molecule has 0 aliphatic heterocycles. The summed E-state index contributed by atoms with van der Waals surface area (Å²) in [5.74, 6) is -1.86. The third-order valence-corrected chi connectivity index (χ3v) is 9.04. The first kappa shape index (κ1) is 25.5. The number of carbonyl (C=O) groups excluding carboxylic acids is 4. The van der Waals surface area contributed by atoms with Gasteiger partial charge < -0.3 is 14.6 Å². The Morgan fingerprint density at radius 3 is 2.46 bits per heavy atom. The van der Waals surface area contributed by atoms with E-state index in [1.54, 1.807) is 26.0 Å². The van der Waals surface area contributed by atoms with Gasteiger partial charge in [0, 0.05) is 29.6 Å². The van der Waals surface area contributed by atoms with Crippen molar-refractivity contribution in [2.24, 2.45) is 22.7 Å². The standard InChI is InChI=1S/C28H36O7/c1-6-23(32)34-15-22(31)28(35-24(33)7-2)16(3)12-20-19-9-8-17-13-18(29)10-11-26(17,4)25(19)21(30)14-27(20,28)5/h10-11,13,16,20-21,30H,6-9,12,14-15H2,1-5H3/t16-,20-,21-,26-,27-,28-/m0/s1. The van der Waals surface area contributed by atoms with Gasteiger partial charge in [-0.3, -0.25) is 19.2 Å². The lowest BCUT2D eigenvalue weighted by atomic mass is 9.52. The summed E-state index contributed by atoms with van der Waals surface area (Å²) in [4.78, 5) is 50.3. The van der Waals surface area contributed by atoms with Crippen LogP contribution in [-0.4, -0.2) is 46.9 Å². The van der Waals surface area contributed by atoms with Crippen LogP contribution in [0.4, 0.5) is 0 Å². The molecule has 7 nitrogen and oxygen atoms in total. The maximum atomic E-state index is 13.8. The molecule has 35 heavy (non-hydrogen) atoms. The predicted octanol–water partition coefficient (Wildman–Crippen LogP) is 3.79. The van der Waals surface area contributed by atoms with Gasteiger partial charge in [-0.1, -0.05) is 44.9 Å². The van der Waals surface area contributed by atoms with Crippen molar-refractivity contribution in [3.05, 3.63) is 34.9 Å². The number of allylic oxidation sites excluding steroid dienone is 5. The number of aliphatic hydroxyl groups excluding tert-OH is 1. The molecule has 4 aliphatic rings. The zero-order valence-electron chi connectivity index (χ0n) is 21.3. The highest BCUT2D eigenvalue weighted by atomic mass is 16.6. The van der Waals surface area contributed by atoms with Crippen molar-refractivity contribution < 1.29 is 33.8 Å². The molecule has 190 valence electrons. The number of ketones is 2. The molecule has 6 atom stereocenters. The largest absolute Gasteiger partial charge is 0.457 e. The minimum atomic E-state index is -1.51. The van der Waals surface area contributed by atoms with Gasteiger partial charge in [0.1, 0.15) is 0 Å². The molecule has 0 saturated heterocycles. The number of Topliss-reactive ketones (excluding diaryl/α,β-unsaturated/α-hetero) is 1. The Balaban J connectivity index is 1.82. The molecular formula is C28H36O7. The minimum absolute atomic E-state index is 0.0381. The predicted molar refractivity (Wildman–Crippen MR) is 128 cm³/mol. The van der Waals surface area contributed by atoms with Crippen molar-refractivity contribution in [1.82, 2.24) is 0 Å². The highest BCUT2D eigenvalue weighted by Crippen LogP contribution is 2.67. The van der Waals surface area contributed by atoms with Crippen molar-refractivity contribution >= 4 is 23.5 Å². The molecule has 0 amide bonds. The van der Waals surface area contributed by atoms with E-state index in [0.717, 1.165) is 16.7 Å². The topological polar surface area (TPSA) is 107 Å². The van der Waals surface area contributed by atoms with Crippen LogP contribution in [0.5, 0.6) is 0 Å². The average molecular weight is 485 g/mol. The number of fused-ring (bicyclic) bond motifs is 4. The van der Waals surface area contributed by atoms with Gasteiger partial charge in [0.05, 0.1) is 6.10 Å². The second-order valence-electron chi connectivity index (χ2n) is 10.9. The molecule has 0 heterocycles. The summed E-state index contributed by atoms with van der Waals surface area (Å²) in [7, 11) is 0. The van der Waals surface area contributed by atoms with Crippen LogP contribution >= 0.6 is 0 Å². The van der Waals surface area contributed by atoms with Gasteiger partial charge in [0.15, 0.2) is 18.0 Å². The molecule has 0 aromatic heterocycles. The van der Waals surface area contributed by atoms with Crippen LogP contribution in [0.15, 0.2) is 34.9 Å². The molecule has 1 saturated carbocycles. The SMILES string of the molecule is CCC(=O)OCC(=O)[C@@]1(OC(=O)CC)[C@@H](C)C[C@H]2C3=C([C@@H](O)C[C@@]21C)[C@@]1(C)C=CC(=O)C=C1CC3. The zero-order chi connectivity index (χ0) is 25.8. The van der Waals surface area contributed by atoms with Crippen LogP contribution in [0.1, 0.15) is 73.1 Å². The van der Waals surface area contributed by atoms with Gasteiger partial charge in [-0.25, -0.2) is 0 Å². The molecule has 7 heteroatoms. The van der Waals surface area contributed by atoms with E-state index in [1.807, 2.05) is 26.8 Å². The van der Waals surface area contributed by atoms with E-state index < -0.39 is 46.9 Å². The van der Waals surface area contributed by atoms with Crippen LogP contribution in [0.3, 0.4) is 0 Å². The first-order valence-electron chi connectivity index (χ1n) is 12.7. The Morgan fingerprint density at radius 1 is 1.11 bits per heavy atom. The summed E-state index contributed by atoms with van der Waals surface area (Å²) in [5.41, 5.74) is 0.103. The van der Waals surface area contributed by atoms with Crippen molar-refractivity contribution in [3.63, 3.8) is 0 Å². The molecule has 0 radical (unpaired) electrons. The Hall–Kier alpha value is -2.54. The van der Waals surface area contributed by atoms with Gasteiger partial charge in [0.2, 0.25) is 5.78 Å². The normalized spacial score (nSPS) is 37.7. The molecule has 4 aliphatic carbocycles. The quantitative estimate of drug-likeness (QED) is 0.451. The van der Waals surface area contributed by atoms with E-state index in [2.05, 4.69) is 0 Å². The highest BCUT2D eigenvalue weighted by molar-refractivity contribution is 6.01. The van der Waals surface area contributed by atoms with Gasteiger partial charge >= 0.3 is 11.9 Å². The molecule has 0 aromatic rings. The average Bonchev–Trinajstić information content (AvgIpc) is 3.04. The summed E-state index contributed by atoms with van der Waals surface area (Å²) in [5, 5.41) is 11.6. The Bertz CT molecular complexity index is 1070. The van der Waals surface area contributed by atoms with Gasteiger partial charge in [-0.05, 0) is 56.3 Å². The number of esters is 2. The number of hydrogen-bond donors (Lipinski definition) is 1. The van der Waals surface area contributed by atoms with E-state index in [4.69, 9.17) is 9.47 Å². The van der Waals surface area contributed by atoms with Gasteiger partial charge in [0.25, 0.3) is 0 Å². The number of rotatable bonds is 6. The third kappa shape index (κ3) is 3.65. The maximum absolute atomic E-state index is 13.8. The number of aliphatic hydroxyl groups is 1. The molecule has 1 N–H and O–H groups in total. The van der Waals surface area contributed by atoms with E-state index in [9.17, 15) is 24.3 Å². The summed E-state index contributed by atoms with van der Waals surface area (Å²) < 4.78 is 11.3. The smallest absolute Gasteiger partial charge is 0.306 e. The molecule has 0 unspecified atom stereocenters. The van der Waals surface area contributed by atoms with Crippen LogP contribution in [0.25, 0.3) is 0 Å². The highest BCUT2D eigenvalue weighted by Gasteiger charge is 2.70. The molecule has 0 bridgehead atoms. The first-order chi connectivity index (χ1) is 16.4. The van der Waals surface area contributed by atoms with Gasteiger partial charge in [-0.15, -0.1) is 0 Å². The van der Waals surface area contributed by atoms with Crippen LogP contribution < -0.4 is 0 Å². The summed E-state index contributed by atoms with van der Waals surface area (Å²) in [6.07, 6.45) is 6.75. The molecular weight excluding hydrogens is 448 g/mol. The third-order valence-electron chi connectivity index (χ3n) is 9.04. The maximum Gasteiger partial charge on any atom is 0.306 e. The van der Waals surface area contributed by atoms with Crippen molar-refractivity contribution in [3.8, 4) is 0 Å². The number of ether oxygens (including phenoxy) is 2. The fourth-order valence-electron chi connectivity index (χ4n) is 7.38. The van der Waals surface area contributed by atoms with E-state index in [-0.39, 0.29) is 36.9 Å². The Morgan fingerprint density at radius 2 is 1.80 bits per heavy atom. The Kier molecular flexibility index (Phi) is 6.45. The fourth-order valence-corrected chi connectivity index (χ4v) is 7.38. The van der Waals surface area contributed by atoms with E-state index in [0.29, 0.717) is 19.3 Å².